The Balaban J connectivity index is 2.98. The van der Waals surface area contributed by atoms with Gasteiger partial charge in [-0.15, -0.1) is 6.58 Å². The van der Waals surface area contributed by atoms with Crippen LogP contribution in [0.1, 0.15) is 11.1 Å². The molecule has 0 fully saturated rings. The molecule has 0 atom stereocenters. The Morgan fingerprint density at radius 2 is 2.09 bits per heavy atom. The van der Waals surface area contributed by atoms with Crippen LogP contribution in [0.3, 0.4) is 0 Å². The third kappa shape index (κ3) is 2.51. The van der Waals surface area contributed by atoms with Gasteiger partial charge < -0.3 is 0 Å². The minimum atomic E-state index is 1.12. The van der Waals surface area contributed by atoms with Crippen molar-refractivity contribution in [2.45, 2.75) is 6.92 Å². The summed E-state index contributed by atoms with van der Waals surface area (Å²) in [5.41, 5.74) is 2.44. The molecule has 57 valence electrons. The quantitative estimate of drug-likeness (QED) is 0.700. The molecule has 0 N–H and O–H groups in total. The van der Waals surface area contributed by atoms with Crippen LogP contribution in [0.2, 0.25) is 0 Å². The Kier molecular flexibility index (Phi) is 2.89. The molecule has 0 saturated carbocycles. The minimum Gasteiger partial charge on any atom is -0.102 e. The number of aryl methyl sites for hydroxylation is 1. The van der Waals surface area contributed by atoms with E-state index < -0.39 is 0 Å². The molecule has 0 heterocycles. The van der Waals surface area contributed by atoms with Crippen LogP contribution in [0.4, 0.5) is 0 Å². The van der Waals surface area contributed by atoms with Crippen molar-refractivity contribution in [2.75, 3.05) is 0 Å². The second-order valence-electron chi connectivity index (χ2n) is 2.46. The van der Waals surface area contributed by atoms with E-state index in [1.54, 1.807) is 6.08 Å². The predicted octanol–water partition coefficient (Wildman–Crippen LogP) is 3.50. The number of benzene rings is 1. The van der Waals surface area contributed by atoms with Crippen molar-refractivity contribution in [3.63, 3.8) is 0 Å². The first kappa shape index (κ1) is 8.54. The summed E-state index contributed by atoms with van der Waals surface area (Å²) in [6.07, 6.45) is 3.78. The first-order valence-electron chi connectivity index (χ1n) is 3.45. The maximum absolute atomic E-state index is 3.64. The average molecular weight is 210 g/mol. The molecule has 0 nitrogen and oxygen atoms in total. The van der Waals surface area contributed by atoms with Crippen molar-refractivity contribution in [1.82, 2.24) is 0 Å². The van der Waals surface area contributed by atoms with E-state index in [-0.39, 0.29) is 0 Å². The molecule has 0 aliphatic heterocycles. The van der Waals surface area contributed by atoms with E-state index in [9.17, 15) is 0 Å². The normalized spacial score (nSPS) is 9.64. The van der Waals surface area contributed by atoms with E-state index >= 15 is 0 Å². The zero-order valence-electron chi connectivity index (χ0n) is 6.47. The van der Waals surface area contributed by atoms with Gasteiger partial charge in [-0.1, -0.05) is 28.1 Å². The highest BCUT2D eigenvalue weighted by atomic mass is 79.9. The summed E-state index contributed by atoms with van der Waals surface area (Å²) in [7, 11) is 0. The summed E-state index contributed by atoms with van der Waals surface area (Å²) < 4.78 is 1.12. The highest BCUT2D eigenvalue weighted by Crippen LogP contribution is 2.16. The molecule has 0 saturated heterocycles. The first-order chi connectivity index (χ1) is 5.22. The maximum atomic E-state index is 3.64. The lowest BCUT2D eigenvalue weighted by Gasteiger charge is -1.99. The van der Waals surface area contributed by atoms with Crippen LogP contribution in [0, 0.1) is 13.3 Å². The van der Waals surface area contributed by atoms with Gasteiger partial charge in [0, 0.05) is 10.9 Å². The summed E-state index contributed by atoms with van der Waals surface area (Å²) in [5, 5.41) is 0. The van der Waals surface area contributed by atoms with Gasteiger partial charge in [0.05, 0.1) is 0 Å². The molecule has 0 aliphatic carbocycles. The van der Waals surface area contributed by atoms with Gasteiger partial charge in [0.25, 0.3) is 0 Å². The molecule has 0 aromatic heterocycles. The molecule has 1 heteroatoms. The van der Waals surface area contributed by atoms with E-state index in [2.05, 4.69) is 47.6 Å². The number of hydrogen-bond donors (Lipinski definition) is 0. The maximum Gasteiger partial charge on any atom is 0.0180 e. The smallest absolute Gasteiger partial charge is 0.0180 e. The number of halogens is 1. The zero-order chi connectivity index (χ0) is 8.27. The van der Waals surface area contributed by atoms with Crippen LogP contribution in [0.15, 0.2) is 35.3 Å². The van der Waals surface area contributed by atoms with Crippen molar-refractivity contribution in [1.29, 1.82) is 0 Å². The second-order valence-corrected chi connectivity index (χ2v) is 3.38. The van der Waals surface area contributed by atoms with E-state index in [1.165, 1.54) is 11.1 Å². The van der Waals surface area contributed by atoms with Gasteiger partial charge in [-0.25, -0.2) is 0 Å². The SMILES string of the molecule is C=C[CH]c1cc(C)cc(Br)c1. The average Bonchev–Trinajstić information content (AvgIpc) is 1.85. The molecule has 1 aromatic carbocycles. The highest BCUT2D eigenvalue weighted by molar-refractivity contribution is 9.10. The fourth-order valence-corrected chi connectivity index (χ4v) is 1.62. The van der Waals surface area contributed by atoms with Gasteiger partial charge in [0.1, 0.15) is 0 Å². The molecule has 0 amide bonds. The summed E-state index contributed by atoms with van der Waals surface area (Å²) in [6, 6.07) is 6.27. The molecular weight excluding hydrogens is 200 g/mol. The molecule has 0 unspecified atom stereocenters. The third-order valence-corrected chi connectivity index (χ3v) is 1.83. The molecule has 0 bridgehead atoms. The van der Waals surface area contributed by atoms with E-state index in [0.29, 0.717) is 0 Å². The molecule has 1 rings (SSSR count). The zero-order valence-corrected chi connectivity index (χ0v) is 8.06. The number of allylic oxidation sites excluding steroid dienone is 1. The monoisotopic (exact) mass is 209 g/mol. The Bertz CT molecular complexity index is 243. The fraction of sp³-hybridized carbons (Fsp3) is 0.100. The Morgan fingerprint density at radius 1 is 1.36 bits per heavy atom. The van der Waals surface area contributed by atoms with Crippen molar-refractivity contribution >= 4 is 15.9 Å². The van der Waals surface area contributed by atoms with Crippen molar-refractivity contribution < 1.29 is 0 Å². The van der Waals surface area contributed by atoms with Crippen molar-refractivity contribution in [2.24, 2.45) is 0 Å². The molecule has 11 heavy (non-hydrogen) atoms. The van der Waals surface area contributed by atoms with Crippen molar-refractivity contribution in [3.8, 4) is 0 Å². The summed E-state index contributed by atoms with van der Waals surface area (Å²) >= 11 is 3.43. The third-order valence-electron chi connectivity index (χ3n) is 1.37. The molecular formula is C10H10Br. The van der Waals surface area contributed by atoms with Gasteiger partial charge >= 0.3 is 0 Å². The number of rotatable bonds is 2. The lowest BCUT2D eigenvalue weighted by Crippen LogP contribution is -1.80. The van der Waals surface area contributed by atoms with Gasteiger partial charge in [-0.05, 0) is 30.2 Å². The van der Waals surface area contributed by atoms with Crippen LogP contribution >= 0.6 is 15.9 Å². The Hall–Kier alpha value is -0.560. The molecule has 0 spiro atoms. The minimum absolute atomic E-state index is 1.12. The predicted molar refractivity (Wildman–Crippen MR) is 52.5 cm³/mol. The van der Waals surface area contributed by atoms with Crippen LogP contribution in [-0.2, 0) is 0 Å². The lowest BCUT2D eigenvalue weighted by atomic mass is 10.1. The van der Waals surface area contributed by atoms with Gasteiger partial charge in [0.15, 0.2) is 0 Å². The van der Waals surface area contributed by atoms with Crippen LogP contribution in [-0.4, -0.2) is 0 Å². The Morgan fingerprint density at radius 3 is 2.64 bits per heavy atom. The molecule has 1 radical (unpaired) electrons. The van der Waals surface area contributed by atoms with Gasteiger partial charge in [-0.2, -0.15) is 0 Å². The van der Waals surface area contributed by atoms with Crippen LogP contribution in [0.5, 0.6) is 0 Å². The van der Waals surface area contributed by atoms with E-state index in [1.807, 2.05) is 6.42 Å². The molecule has 1 aromatic rings. The molecule has 0 aliphatic rings. The second kappa shape index (κ2) is 3.72. The van der Waals surface area contributed by atoms with Crippen LogP contribution < -0.4 is 0 Å². The van der Waals surface area contributed by atoms with Crippen molar-refractivity contribution in [3.05, 3.63) is 52.9 Å². The van der Waals surface area contributed by atoms with E-state index in [0.717, 1.165) is 4.47 Å². The lowest BCUT2D eigenvalue weighted by molar-refractivity contribution is 1.39. The fourth-order valence-electron chi connectivity index (χ4n) is 0.997. The van der Waals surface area contributed by atoms with Gasteiger partial charge in [-0.3, -0.25) is 0 Å². The summed E-state index contributed by atoms with van der Waals surface area (Å²) in [4.78, 5) is 0. The Labute approximate surface area is 76.1 Å². The number of hydrogen-bond acceptors (Lipinski definition) is 0. The summed E-state index contributed by atoms with van der Waals surface area (Å²) in [6.45, 7) is 5.72. The van der Waals surface area contributed by atoms with Gasteiger partial charge in [0.2, 0.25) is 0 Å². The topological polar surface area (TPSA) is 0 Å². The highest BCUT2D eigenvalue weighted by Gasteiger charge is 1.93. The van der Waals surface area contributed by atoms with E-state index in [4.69, 9.17) is 0 Å². The largest absolute Gasteiger partial charge is 0.102 e. The standard InChI is InChI=1S/C10H10Br/c1-3-4-9-5-8(2)6-10(11)7-9/h3-7H,1H2,2H3. The first-order valence-corrected chi connectivity index (χ1v) is 4.24. The summed E-state index contributed by atoms with van der Waals surface area (Å²) in [5.74, 6) is 0. The van der Waals surface area contributed by atoms with Crippen LogP contribution in [0.25, 0.3) is 0 Å².